The van der Waals surface area contributed by atoms with Gasteiger partial charge in [0.25, 0.3) is 0 Å². The fourth-order valence-electron chi connectivity index (χ4n) is 10.0. The number of halogens is 4. The van der Waals surface area contributed by atoms with Crippen molar-refractivity contribution in [3.05, 3.63) is 116 Å². The Kier molecular flexibility index (Phi) is 46.0. The van der Waals surface area contributed by atoms with E-state index in [1.54, 1.807) is 12.4 Å². The molecule has 0 saturated carbocycles. The highest BCUT2D eigenvalue weighted by atomic mass is 35.5. The van der Waals surface area contributed by atoms with Crippen molar-refractivity contribution in [2.75, 3.05) is 116 Å². The number of aromatic nitrogens is 2. The van der Waals surface area contributed by atoms with Crippen molar-refractivity contribution < 1.29 is 77.1 Å². The lowest BCUT2D eigenvalue weighted by Gasteiger charge is -2.23. The lowest BCUT2D eigenvalue weighted by atomic mass is 10.0. The van der Waals surface area contributed by atoms with Crippen molar-refractivity contribution in [3.63, 3.8) is 0 Å². The number of amides is 10. The lowest BCUT2D eigenvalue weighted by molar-refractivity contribution is -0.139. The molecule has 104 heavy (non-hydrogen) atoms. The minimum Gasteiger partial charge on any atom is -0.481 e. The number of nitrogens with one attached hydrogen (secondary N) is 12. The van der Waals surface area contributed by atoms with Gasteiger partial charge in [-0.15, -0.1) is 0 Å². The second-order valence-electron chi connectivity index (χ2n) is 23.9. The summed E-state index contributed by atoms with van der Waals surface area (Å²) >= 11 is 24.7. The summed E-state index contributed by atoms with van der Waals surface area (Å²) in [5.41, 5.74) is 0.789. The van der Waals surface area contributed by atoms with Crippen molar-refractivity contribution in [2.45, 2.75) is 140 Å². The van der Waals surface area contributed by atoms with E-state index in [4.69, 9.17) is 65.4 Å². The van der Waals surface area contributed by atoms with Crippen molar-refractivity contribution in [1.82, 2.24) is 63.1 Å². The van der Waals surface area contributed by atoms with Crippen LogP contribution in [0.1, 0.15) is 139 Å². The van der Waals surface area contributed by atoms with Gasteiger partial charge in [0, 0.05) is 111 Å². The predicted octanol–water partition coefficient (Wildman–Crippen LogP) is 7.39. The molecule has 0 radical (unpaired) electrons. The number of hydrogen-bond donors (Lipinski definition) is 14. The number of urea groups is 2. The van der Waals surface area contributed by atoms with Crippen molar-refractivity contribution in [3.8, 4) is 0 Å². The van der Waals surface area contributed by atoms with Gasteiger partial charge in [-0.2, -0.15) is 0 Å². The monoisotopic (exact) mass is 1530 g/mol. The Morgan fingerprint density at radius 3 is 1.08 bits per heavy atom. The van der Waals surface area contributed by atoms with E-state index in [1.807, 2.05) is 36.4 Å². The van der Waals surface area contributed by atoms with Crippen LogP contribution in [0.25, 0.3) is 0 Å². The number of carboxylic acid groups (broad SMARTS) is 2. The summed E-state index contributed by atoms with van der Waals surface area (Å²) < 4.78 is 22.1. The highest BCUT2D eigenvalue weighted by Crippen LogP contribution is 2.28. The molecule has 34 heteroatoms. The van der Waals surface area contributed by atoms with E-state index < -0.39 is 60.8 Å². The molecule has 0 aliphatic heterocycles. The van der Waals surface area contributed by atoms with Gasteiger partial charge < -0.3 is 93.0 Å². The molecule has 574 valence electrons. The van der Waals surface area contributed by atoms with Crippen LogP contribution in [0, 0.1) is 0 Å². The fourth-order valence-corrected chi connectivity index (χ4v) is 11.1. The van der Waals surface area contributed by atoms with Crippen LogP contribution < -0.4 is 63.8 Å². The van der Waals surface area contributed by atoms with Gasteiger partial charge in [-0.25, -0.2) is 19.6 Å². The number of aliphatic carboxylic acids is 2. The van der Waals surface area contributed by atoms with Gasteiger partial charge in [0.1, 0.15) is 23.7 Å². The Labute approximate surface area is 626 Å². The highest BCUT2D eigenvalue weighted by molar-refractivity contribution is 6.35. The number of nitrogens with zero attached hydrogens (tertiary/aromatic N) is 2. The Morgan fingerprint density at radius 1 is 0.365 bits per heavy atom. The van der Waals surface area contributed by atoms with Gasteiger partial charge >= 0.3 is 24.0 Å². The molecule has 2 heterocycles. The maximum atomic E-state index is 13.7. The molecule has 2 aromatic heterocycles. The molecule has 0 bridgehead atoms. The van der Waals surface area contributed by atoms with Crippen LogP contribution in [0.3, 0.4) is 0 Å². The lowest BCUT2D eigenvalue weighted by Crippen LogP contribution is -2.48. The molecule has 14 N–H and O–H groups in total. The standard InChI is InChI=1S/C70H100Cl4N14O16/c71-51-41-49(42-52(72)45-51)57(47-65(93)94)87-67(97)55(85-63(91)19-5-11-25-77-59-17-3-9-23-75-59)15-1-7-27-79-61(89)21-33-101-37-39-103-35-31-83-69(99)81-29-13-14-30-82-70(100)84-32-36-104-40-38-102-34-22-62(90)80-28-8-2-16-56(86-64(92)20-6-12-26-78-60-18-4-10-24-76-60)68(98)88-58(48-66(95)96)50-43-53(73)46-54(74)44-50/h3-4,9-10,17-18,23-24,41-46,55-58H,1-2,5-8,11-16,19-22,25-40,47-48H2,(H,75,77)(H,76,78)(H,79,89)(H,80,90)(H,85,91)(H,86,92)(H,87,97)(H,88,98)(H,93,94)(H,95,96)(H2,81,83,99)(H2,82,84,100)/t55-,56-,57?,58?/m0/s1. The molecule has 0 fully saturated rings. The van der Waals surface area contributed by atoms with Gasteiger partial charge in [0.05, 0.1) is 77.8 Å². The van der Waals surface area contributed by atoms with Crippen LogP contribution in [-0.4, -0.2) is 197 Å². The van der Waals surface area contributed by atoms with E-state index in [9.17, 15) is 58.2 Å². The number of ether oxygens (including phenoxy) is 4. The summed E-state index contributed by atoms with van der Waals surface area (Å²) in [4.78, 5) is 135. The number of carbonyl (C=O) groups is 10. The quantitative estimate of drug-likeness (QED) is 0.0192. The molecule has 0 aliphatic rings. The topological polar surface area (TPSA) is 418 Å². The van der Waals surface area contributed by atoms with E-state index in [1.165, 1.54) is 36.4 Å². The molecule has 2 unspecified atom stereocenters. The first-order chi connectivity index (χ1) is 50.2. The summed E-state index contributed by atoms with van der Waals surface area (Å²) in [6, 6.07) is 15.4. The number of rotatable bonds is 57. The van der Waals surface area contributed by atoms with Crippen LogP contribution in [-0.2, 0) is 57.3 Å². The van der Waals surface area contributed by atoms with E-state index in [0.717, 1.165) is 11.6 Å². The number of carbonyl (C=O) groups excluding carboxylic acids is 8. The minimum absolute atomic E-state index is 0.0999. The predicted molar refractivity (Wildman–Crippen MR) is 394 cm³/mol. The van der Waals surface area contributed by atoms with E-state index in [2.05, 4.69) is 73.8 Å². The average molecular weight is 1540 g/mol. The zero-order valence-corrected chi connectivity index (χ0v) is 61.5. The van der Waals surface area contributed by atoms with Gasteiger partial charge in [0.2, 0.25) is 35.4 Å². The van der Waals surface area contributed by atoms with Gasteiger partial charge in [-0.1, -0.05) is 58.5 Å². The van der Waals surface area contributed by atoms with Crippen LogP contribution in [0.5, 0.6) is 0 Å². The van der Waals surface area contributed by atoms with Crippen LogP contribution >= 0.6 is 46.4 Å². The molecule has 0 spiro atoms. The average Bonchev–Trinajstić information content (AvgIpc) is 0.850. The van der Waals surface area contributed by atoms with Crippen molar-refractivity contribution in [1.29, 1.82) is 0 Å². The fraction of sp³-hybridized carbons (Fsp3) is 0.543. The van der Waals surface area contributed by atoms with Gasteiger partial charge in [-0.05, 0) is 149 Å². The molecule has 2 aromatic carbocycles. The molecule has 30 nitrogen and oxygen atoms in total. The first-order valence-corrected chi connectivity index (χ1v) is 36.5. The SMILES string of the molecule is O=C(O)CC(NC(=O)[C@H](CCCCNC(=O)CCOCCOCCNC(=O)NCCCCNC(=O)NCCOCCOCCC(=O)NCCCC[C@H](NC(=O)CCCCNc1ccccn1)C(=O)NC(CC(=O)O)c1cc(Cl)cc(Cl)c1)NC(=O)CCCCNc1ccccn1)c1cc(Cl)cc(Cl)c1. The number of carboxylic acids is 2. The maximum Gasteiger partial charge on any atom is 0.314 e. The molecule has 4 atom stereocenters. The second kappa shape index (κ2) is 54.3. The molecule has 0 saturated heterocycles. The van der Waals surface area contributed by atoms with Crippen molar-refractivity contribution >= 4 is 117 Å². The third kappa shape index (κ3) is 43.0. The smallest absolute Gasteiger partial charge is 0.314 e. The number of anilines is 2. The molecule has 4 rings (SSSR count). The Balaban J connectivity index is 0.950. The Bertz CT molecular complexity index is 2980. The Hall–Kier alpha value is -8.36. The molecule has 4 aromatic rings. The normalized spacial score (nSPS) is 12.1. The summed E-state index contributed by atoms with van der Waals surface area (Å²) in [6.45, 7) is 4.79. The highest BCUT2D eigenvalue weighted by Gasteiger charge is 2.28. The number of unbranched alkanes of at least 4 members (excludes halogenated alkanes) is 5. The number of hydrogen-bond acceptors (Lipinski definition) is 18. The summed E-state index contributed by atoms with van der Waals surface area (Å²) in [5.74, 6) is -3.19. The summed E-state index contributed by atoms with van der Waals surface area (Å²) in [6.07, 6.45) is 8.91. The molecule has 0 aliphatic carbocycles. The zero-order valence-electron chi connectivity index (χ0n) is 58.5. The number of benzene rings is 2. The third-order valence-corrected chi connectivity index (χ3v) is 16.2. The van der Waals surface area contributed by atoms with Gasteiger partial charge in [0.15, 0.2) is 0 Å². The van der Waals surface area contributed by atoms with Crippen LogP contribution in [0.15, 0.2) is 85.2 Å². The molecular formula is C70H100Cl4N14O16. The van der Waals surface area contributed by atoms with Gasteiger partial charge in [-0.3, -0.25) is 38.4 Å². The largest absolute Gasteiger partial charge is 0.481 e. The van der Waals surface area contributed by atoms with Crippen LogP contribution in [0.2, 0.25) is 20.1 Å². The zero-order chi connectivity index (χ0) is 75.4. The molecule has 10 amide bonds. The van der Waals surface area contributed by atoms with E-state index in [-0.39, 0.29) is 160 Å². The number of pyridine rings is 2. The molecular weight excluding hydrogens is 1430 g/mol. The maximum absolute atomic E-state index is 13.7. The third-order valence-electron chi connectivity index (χ3n) is 15.3. The van der Waals surface area contributed by atoms with E-state index in [0.29, 0.717) is 115 Å². The van der Waals surface area contributed by atoms with E-state index >= 15 is 0 Å². The Morgan fingerprint density at radius 2 is 0.712 bits per heavy atom. The van der Waals surface area contributed by atoms with Crippen LogP contribution in [0.4, 0.5) is 21.2 Å². The minimum atomic E-state index is -1.16. The van der Waals surface area contributed by atoms with Crippen molar-refractivity contribution in [2.24, 2.45) is 0 Å². The first-order valence-electron chi connectivity index (χ1n) is 35.0. The summed E-state index contributed by atoms with van der Waals surface area (Å²) in [7, 11) is 0. The first kappa shape index (κ1) is 88.0. The summed E-state index contributed by atoms with van der Waals surface area (Å²) in [5, 5.41) is 54.4. The second-order valence-corrected chi connectivity index (χ2v) is 25.6.